The molecule has 1 aromatic heterocycles. The van der Waals surface area contributed by atoms with E-state index < -0.39 is 0 Å². The van der Waals surface area contributed by atoms with E-state index in [2.05, 4.69) is 18.7 Å². The van der Waals surface area contributed by atoms with Crippen LogP contribution < -0.4 is 0 Å². The zero-order valence-electron chi connectivity index (χ0n) is 15.4. The lowest BCUT2D eigenvalue weighted by Crippen LogP contribution is -2.38. The van der Waals surface area contributed by atoms with Crippen LogP contribution in [-0.4, -0.2) is 45.6 Å². The van der Waals surface area contributed by atoms with Crippen LogP contribution >= 0.6 is 23.8 Å². The number of halogens is 1. The quantitative estimate of drug-likeness (QED) is 0.603. The van der Waals surface area contributed by atoms with Gasteiger partial charge in [0.1, 0.15) is 0 Å². The van der Waals surface area contributed by atoms with Crippen molar-refractivity contribution in [3.63, 3.8) is 0 Å². The van der Waals surface area contributed by atoms with E-state index in [0.29, 0.717) is 29.1 Å². The van der Waals surface area contributed by atoms with Crippen LogP contribution in [0.2, 0.25) is 5.02 Å². The molecule has 0 bridgehead atoms. The largest absolute Gasteiger partial charge is 0.383 e. The molecule has 0 atom stereocenters. The molecule has 2 aromatic rings. The SMILES string of the molecule is CCC(CC)N(CCOC)Cn1nc(-c2ccc(Cl)cc2)n(C)c1=S. The fourth-order valence-corrected chi connectivity index (χ4v) is 3.30. The van der Waals surface area contributed by atoms with Gasteiger partial charge in [0.2, 0.25) is 0 Å². The lowest BCUT2D eigenvalue weighted by molar-refractivity contribution is 0.0860. The Morgan fingerprint density at radius 2 is 1.88 bits per heavy atom. The summed E-state index contributed by atoms with van der Waals surface area (Å²) in [5, 5.41) is 5.47. The molecule has 0 saturated heterocycles. The number of methoxy groups -OCH3 is 1. The summed E-state index contributed by atoms with van der Waals surface area (Å²) in [6.07, 6.45) is 2.18. The van der Waals surface area contributed by atoms with Gasteiger partial charge in [-0.2, -0.15) is 5.10 Å². The third-order valence-corrected chi connectivity index (χ3v) is 5.24. The Bertz CT molecular complexity index is 722. The van der Waals surface area contributed by atoms with Gasteiger partial charge in [-0.05, 0) is 49.3 Å². The zero-order chi connectivity index (χ0) is 18.4. The molecule has 0 aliphatic carbocycles. The number of hydrogen-bond donors (Lipinski definition) is 0. The lowest BCUT2D eigenvalue weighted by Gasteiger charge is -2.29. The van der Waals surface area contributed by atoms with E-state index in [4.69, 9.17) is 33.7 Å². The summed E-state index contributed by atoms with van der Waals surface area (Å²) in [5.41, 5.74) is 1.00. The molecule has 0 fully saturated rings. The second-order valence-electron chi connectivity index (χ2n) is 6.09. The van der Waals surface area contributed by atoms with E-state index in [1.165, 1.54) is 0 Å². The summed E-state index contributed by atoms with van der Waals surface area (Å²) in [7, 11) is 3.68. The lowest BCUT2D eigenvalue weighted by atomic mass is 10.1. The Morgan fingerprint density at radius 1 is 1.24 bits per heavy atom. The second-order valence-corrected chi connectivity index (χ2v) is 6.89. The van der Waals surface area contributed by atoms with Crippen LogP contribution in [0.3, 0.4) is 0 Å². The fraction of sp³-hybridized carbons (Fsp3) is 0.556. The summed E-state index contributed by atoms with van der Waals surface area (Å²) < 4.78 is 9.82. The summed E-state index contributed by atoms with van der Waals surface area (Å²) in [4.78, 5) is 2.39. The van der Waals surface area contributed by atoms with Crippen LogP contribution in [0.5, 0.6) is 0 Å². The van der Waals surface area contributed by atoms with Crippen LogP contribution in [0.25, 0.3) is 11.4 Å². The van der Waals surface area contributed by atoms with Gasteiger partial charge in [-0.25, -0.2) is 4.68 Å². The van der Waals surface area contributed by atoms with E-state index >= 15 is 0 Å². The Morgan fingerprint density at radius 3 is 2.44 bits per heavy atom. The van der Waals surface area contributed by atoms with Crippen LogP contribution in [-0.2, 0) is 18.5 Å². The molecular formula is C18H27ClN4OS. The van der Waals surface area contributed by atoms with Crippen LogP contribution in [0.15, 0.2) is 24.3 Å². The van der Waals surface area contributed by atoms with Crippen molar-refractivity contribution in [1.29, 1.82) is 0 Å². The van der Waals surface area contributed by atoms with Crippen LogP contribution in [0, 0.1) is 4.77 Å². The molecule has 0 spiro atoms. The number of ether oxygens (including phenoxy) is 1. The summed E-state index contributed by atoms with van der Waals surface area (Å²) in [6, 6.07) is 8.15. The minimum atomic E-state index is 0.484. The molecule has 138 valence electrons. The number of nitrogens with zero attached hydrogens (tertiary/aromatic N) is 4. The van der Waals surface area contributed by atoms with E-state index in [1.54, 1.807) is 7.11 Å². The summed E-state index contributed by atoms with van der Waals surface area (Å²) >= 11 is 11.6. The van der Waals surface area contributed by atoms with Crippen molar-refractivity contribution in [1.82, 2.24) is 19.2 Å². The molecule has 0 N–H and O–H groups in total. The maximum atomic E-state index is 5.99. The van der Waals surface area contributed by atoms with E-state index in [-0.39, 0.29) is 0 Å². The highest BCUT2D eigenvalue weighted by atomic mass is 35.5. The Labute approximate surface area is 160 Å². The van der Waals surface area contributed by atoms with Gasteiger partial charge in [0.25, 0.3) is 0 Å². The van der Waals surface area contributed by atoms with Crippen molar-refractivity contribution in [2.45, 2.75) is 39.4 Å². The molecule has 0 aliphatic heterocycles. The molecule has 0 radical (unpaired) electrons. The number of rotatable bonds is 9. The van der Waals surface area contributed by atoms with Gasteiger partial charge < -0.3 is 9.30 Å². The molecule has 1 aromatic carbocycles. The first-order valence-corrected chi connectivity index (χ1v) is 9.43. The van der Waals surface area contributed by atoms with Crippen LogP contribution in [0.1, 0.15) is 26.7 Å². The molecule has 2 rings (SSSR count). The van der Waals surface area contributed by atoms with Gasteiger partial charge in [0.05, 0.1) is 13.3 Å². The van der Waals surface area contributed by atoms with Crippen molar-refractivity contribution in [3.05, 3.63) is 34.1 Å². The third kappa shape index (κ3) is 4.91. The predicted octanol–water partition coefficient (Wildman–Crippen LogP) is 4.37. The normalized spacial score (nSPS) is 11.6. The second kappa shape index (κ2) is 9.48. The minimum absolute atomic E-state index is 0.484. The Kier molecular flexibility index (Phi) is 7.62. The first kappa shape index (κ1) is 20.1. The van der Waals surface area contributed by atoms with Gasteiger partial charge in [0, 0.05) is 37.3 Å². The highest BCUT2D eigenvalue weighted by Gasteiger charge is 2.18. The highest BCUT2D eigenvalue weighted by Crippen LogP contribution is 2.20. The molecule has 7 heteroatoms. The van der Waals surface area contributed by atoms with E-state index in [0.717, 1.165) is 30.8 Å². The number of benzene rings is 1. The number of aromatic nitrogens is 3. The molecule has 0 aliphatic rings. The zero-order valence-corrected chi connectivity index (χ0v) is 17.0. The minimum Gasteiger partial charge on any atom is -0.383 e. The molecule has 0 unspecified atom stereocenters. The molecule has 5 nitrogen and oxygen atoms in total. The first-order chi connectivity index (χ1) is 12.0. The summed E-state index contributed by atoms with van der Waals surface area (Å²) in [5.74, 6) is 0.845. The van der Waals surface area contributed by atoms with Crippen molar-refractivity contribution >= 4 is 23.8 Å². The maximum absolute atomic E-state index is 5.99. The average molecular weight is 383 g/mol. The van der Waals surface area contributed by atoms with Gasteiger partial charge >= 0.3 is 0 Å². The average Bonchev–Trinajstić information content (AvgIpc) is 2.89. The third-order valence-electron chi connectivity index (χ3n) is 4.50. The highest BCUT2D eigenvalue weighted by molar-refractivity contribution is 7.71. The van der Waals surface area contributed by atoms with Crippen molar-refractivity contribution in [3.8, 4) is 11.4 Å². The van der Waals surface area contributed by atoms with E-state index in [9.17, 15) is 0 Å². The fourth-order valence-electron chi connectivity index (χ4n) is 2.98. The van der Waals surface area contributed by atoms with Gasteiger partial charge in [0.15, 0.2) is 10.6 Å². The van der Waals surface area contributed by atoms with Crippen molar-refractivity contribution in [2.24, 2.45) is 7.05 Å². The van der Waals surface area contributed by atoms with Crippen molar-refractivity contribution < 1.29 is 4.74 Å². The summed E-state index contributed by atoms with van der Waals surface area (Å²) in [6.45, 7) is 6.64. The van der Waals surface area contributed by atoms with Gasteiger partial charge in [-0.3, -0.25) is 4.90 Å². The Balaban J connectivity index is 2.30. The predicted molar refractivity (Wildman–Crippen MR) is 105 cm³/mol. The van der Waals surface area contributed by atoms with Crippen LogP contribution in [0.4, 0.5) is 0 Å². The number of hydrogen-bond acceptors (Lipinski definition) is 4. The molecule has 25 heavy (non-hydrogen) atoms. The molecule has 0 amide bonds. The molecular weight excluding hydrogens is 356 g/mol. The monoisotopic (exact) mass is 382 g/mol. The molecule has 1 heterocycles. The standard InChI is InChI=1S/C18H27ClN4OS/c1-5-16(6-2)22(11-12-24-4)13-23-18(25)21(3)17(20-23)14-7-9-15(19)10-8-14/h7-10,16H,5-6,11-13H2,1-4H3. The molecule has 0 saturated carbocycles. The smallest absolute Gasteiger partial charge is 0.199 e. The van der Waals surface area contributed by atoms with E-state index in [1.807, 2.05) is 40.6 Å². The first-order valence-electron chi connectivity index (χ1n) is 8.64. The topological polar surface area (TPSA) is 35.2 Å². The van der Waals surface area contributed by atoms with Gasteiger partial charge in [-0.15, -0.1) is 0 Å². The maximum Gasteiger partial charge on any atom is 0.199 e. The Hall–Kier alpha value is -1.21. The van der Waals surface area contributed by atoms with Gasteiger partial charge in [-0.1, -0.05) is 25.4 Å². The van der Waals surface area contributed by atoms with Crippen molar-refractivity contribution in [2.75, 3.05) is 20.3 Å².